The van der Waals surface area contributed by atoms with Crippen LogP contribution in [-0.2, 0) is 20.2 Å². The quantitative estimate of drug-likeness (QED) is 0.101. The van der Waals surface area contributed by atoms with Gasteiger partial charge in [-0.3, -0.25) is 4.55 Å². The van der Waals surface area contributed by atoms with Crippen LogP contribution in [0, 0.1) is 0 Å². The molecule has 0 aliphatic carbocycles. The molecule has 15 heteroatoms. The van der Waals surface area contributed by atoms with Crippen molar-refractivity contribution >= 4 is 113 Å². The Morgan fingerprint density at radius 1 is 0.532 bits per heavy atom. The Morgan fingerprint density at radius 2 is 0.979 bits per heavy atom. The van der Waals surface area contributed by atoms with E-state index in [0.717, 1.165) is 16.8 Å². The van der Waals surface area contributed by atoms with E-state index in [0.29, 0.717) is 10.8 Å². The number of nitrogens with zero attached hydrogens (tertiary/aromatic N) is 4. The molecule has 0 fully saturated rings. The van der Waals surface area contributed by atoms with Crippen LogP contribution in [0.3, 0.4) is 0 Å². The van der Waals surface area contributed by atoms with Crippen molar-refractivity contribution in [3.05, 3.63) is 121 Å². The van der Waals surface area contributed by atoms with Gasteiger partial charge in [0.05, 0.1) is 10.6 Å². The number of rotatable bonds is 6. The Kier molecular flexibility index (Phi) is 11.7. The molecule has 0 saturated heterocycles. The van der Waals surface area contributed by atoms with Crippen molar-refractivity contribution in [2.45, 2.75) is 9.79 Å². The second-order valence-electron chi connectivity index (χ2n) is 9.55. The van der Waals surface area contributed by atoms with E-state index in [1.165, 1.54) is 48.5 Å². The number of aromatic hydroxyl groups is 1. The summed E-state index contributed by atoms with van der Waals surface area (Å²) in [5, 5.41) is 40.5. The van der Waals surface area contributed by atoms with Crippen molar-refractivity contribution in [1.29, 1.82) is 0 Å². The second kappa shape index (κ2) is 15.3. The maximum Gasteiger partial charge on any atom is 2.00 e. The van der Waals surface area contributed by atoms with Gasteiger partial charge in [-0.2, -0.15) is 13.5 Å². The molecular formula is C32H22BaN4O8S2. The summed E-state index contributed by atoms with van der Waals surface area (Å²) in [4.78, 5) is -0.820. The van der Waals surface area contributed by atoms with Crippen LogP contribution in [0.4, 0.5) is 22.7 Å². The summed E-state index contributed by atoms with van der Waals surface area (Å²) in [5.74, 6) is -0.410. The molecule has 0 radical (unpaired) electrons. The maximum atomic E-state index is 12.0. The van der Waals surface area contributed by atoms with Crippen LogP contribution < -0.4 is 5.11 Å². The standard InChI is InChI=1S/2C16H12N2O4S.Ba/c2*19-14-10-9-11-5-1-2-6-12(11)16(14)18-17-13-7-3-4-8-15(13)23(20,21)22;/h2*1-10,19H,(H,20,21,22);/q;;+2/p-2. The van der Waals surface area contributed by atoms with Gasteiger partial charge in [-0.1, -0.05) is 96.7 Å². The third-order valence-corrected chi connectivity index (χ3v) is 8.32. The van der Waals surface area contributed by atoms with Gasteiger partial charge in [-0.15, -0.1) is 15.3 Å². The molecule has 0 amide bonds. The fourth-order valence-corrected chi connectivity index (χ4v) is 5.64. The first-order chi connectivity index (χ1) is 21.9. The van der Waals surface area contributed by atoms with Gasteiger partial charge in [0.1, 0.15) is 37.8 Å². The van der Waals surface area contributed by atoms with Crippen LogP contribution in [0.15, 0.2) is 152 Å². The van der Waals surface area contributed by atoms with Crippen LogP contribution in [0.25, 0.3) is 21.5 Å². The topological polar surface area (TPSA) is 204 Å². The van der Waals surface area contributed by atoms with Crippen molar-refractivity contribution in [1.82, 2.24) is 0 Å². The van der Waals surface area contributed by atoms with Gasteiger partial charge in [0.2, 0.25) is 0 Å². The van der Waals surface area contributed by atoms with Crippen LogP contribution in [0.5, 0.6) is 11.5 Å². The molecule has 47 heavy (non-hydrogen) atoms. The summed E-state index contributed by atoms with van der Waals surface area (Å²) in [7, 11) is -9.08. The van der Waals surface area contributed by atoms with Gasteiger partial charge in [0.15, 0.2) is 0 Å². The van der Waals surface area contributed by atoms with Crippen molar-refractivity contribution in [3.63, 3.8) is 0 Å². The Labute approximate surface area is 309 Å². The minimum absolute atomic E-state index is 0. The number of hydrogen-bond donors (Lipinski definition) is 2. The van der Waals surface area contributed by atoms with E-state index in [1.54, 1.807) is 42.5 Å². The molecule has 0 saturated carbocycles. The zero-order chi connectivity index (χ0) is 32.9. The van der Waals surface area contributed by atoms with Gasteiger partial charge >= 0.3 is 48.9 Å². The summed E-state index contributed by atoms with van der Waals surface area (Å²) in [6.45, 7) is 0. The first-order valence-corrected chi connectivity index (χ1v) is 16.1. The normalized spacial score (nSPS) is 11.8. The van der Waals surface area contributed by atoms with Crippen molar-refractivity contribution < 1.29 is 36.2 Å². The zero-order valence-corrected chi connectivity index (χ0v) is 30.3. The van der Waals surface area contributed by atoms with Crippen molar-refractivity contribution in [2.75, 3.05) is 0 Å². The molecule has 6 aromatic rings. The Bertz CT molecular complexity index is 2200. The zero-order valence-electron chi connectivity index (χ0n) is 24.2. The fourth-order valence-electron chi connectivity index (χ4n) is 4.40. The number of benzene rings is 6. The first-order valence-electron chi connectivity index (χ1n) is 13.3. The summed E-state index contributed by atoms with van der Waals surface area (Å²) in [5.41, 5.74) is 0.214. The molecule has 0 spiro atoms. The van der Waals surface area contributed by atoms with Crippen LogP contribution in [0.2, 0.25) is 0 Å². The second-order valence-corrected chi connectivity index (χ2v) is 12.3. The van der Waals surface area contributed by atoms with Gasteiger partial charge in [-0.25, -0.2) is 8.42 Å². The SMILES string of the molecule is O=S(=O)(O)c1ccccc1N=Nc1c(O)ccc2ccccc12.O=S(=O)([O-])c1ccccc1N=Nc1c([O-])ccc2ccccc12.[Ba+2]. The third kappa shape index (κ3) is 8.69. The molecule has 0 aliphatic heterocycles. The molecule has 0 aromatic heterocycles. The molecule has 0 atom stereocenters. The monoisotopic (exact) mass is 792 g/mol. The molecule has 0 bridgehead atoms. The third-order valence-electron chi connectivity index (χ3n) is 6.54. The summed E-state index contributed by atoms with van der Waals surface area (Å²) >= 11 is 0. The molecular weight excluding hydrogens is 770 g/mol. The number of phenolic OH excluding ortho intramolecular Hbond substituents is 1. The average Bonchev–Trinajstić information content (AvgIpc) is 3.03. The number of azo groups is 2. The minimum atomic E-state index is -4.67. The first kappa shape index (κ1) is 35.9. The molecule has 6 aromatic carbocycles. The molecule has 2 N–H and O–H groups in total. The molecule has 0 heterocycles. The van der Waals surface area contributed by atoms with Gasteiger partial charge in [-0.05, 0) is 41.1 Å². The number of hydrogen-bond acceptors (Lipinski definition) is 11. The predicted molar refractivity (Wildman–Crippen MR) is 174 cm³/mol. The molecule has 12 nitrogen and oxygen atoms in total. The molecule has 6 rings (SSSR count). The average molecular weight is 792 g/mol. The fraction of sp³-hybridized carbons (Fsp3) is 0. The van der Waals surface area contributed by atoms with Gasteiger partial charge < -0.3 is 14.8 Å². The Morgan fingerprint density at radius 3 is 1.55 bits per heavy atom. The smallest absolute Gasteiger partial charge is 0.871 e. The Balaban J connectivity index is 0.000000208. The minimum Gasteiger partial charge on any atom is -0.871 e. The van der Waals surface area contributed by atoms with Gasteiger partial charge in [0.25, 0.3) is 10.1 Å². The van der Waals surface area contributed by atoms with E-state index in [9.17, 15) is 36.2 Å². The molecule has 0 unspecified atom stereocenters. The Hall–Kier alpha value is -3.97. The van der Waals surface area contributed by atoms with Gasteiger partial charge in [0, 0.05) is 10.8 Å². The van der Waals surface area contributed by atoms with Crippen LogP contribution in [-0.4, -0.2) is 79.9 Å². The van der Waals surface area contributed by atoms with E-state index in [4.69, 9.17) is 0 Å². The van der Waals surface area contributed by atoms with E-state index < -0.39 is 25.1 Å². The van der Waals surface area contributed by atoms with Crippen molar-refractivity contribution in [3.8, 4) is 11.5 Å². The van der Waals surface area contributed by atoms with Crippen LogP contribution >= 0.6 is 0 Å². The predicted octanol–water partition coefficient (Wildman–Crippen LogP) is 7.06. The summed E-state index contributed by atoms with van der Waals surface area (Å²) < 4.78 is 65.6. The largest absolute Gasteiger partial charge is 2.00 e. The molecule has 0 aliphatic rings. The van der Waals surface area contributed by atoms with E-state index in [-0.39, 0.29) is 88.0 Å². The van der Waals surface area contributed by atoms with E-state index in [2.05, 4.69) is 20.5 Å². The number of fused-ring (bicyclic) bond motifs is 2. The maximum absolute atomic E-state index is 12.0. The summed E-state index contributed by atoms with van der Waals surface area (Å²) in [6.07, 6.45) is 0. The van der Waals surface area contributed by atoms with Crippen LogP contribution in [0.1, 0.15) is 0 Å². The van der Waals surface area contributed by atoms with E-state index >= 15 is 0 Å². The molecule has 232 valence electrons. The van der Waals surface area contributed by atoms with Crippen molar-refractivity contribution in [2.24, 2.45) is 20.5 Å². The summed E-state index contributed by atoms with van der Waals surface area (Å²) in [6, 6.07) is 31.8. The number of phenols is 1. The van der Waals surface area contributed by atoms with E-state index in [1.807, 2.05) is 24.3 Å².